The first-order chi connectivity index (χ1) is 8.36. The summed E-state index contributed by atoms with van der Waals surface area (Å²) in [4.78, 5) is 11.0. The second-order valence-electron chi connectivity index (χ2n) is 5.15. The lowest BCUT2D eigenvalue weighted by Crippen LogP contribution is -2.14. The molecule has 3 nitrogen and oxygen atoms in total. The first kappa shape index (κ1) is 14.6. The lowest BCUT2D eigenvalue weighted by atomic mass is 9.82. The number of rotatable bonds is 5. The van der Waals surface area contributed by atoms with Crippen LogP contribution >= 0.6 is 0 Å². The van der Waals surface area contributed by atoms with Crippen molar-refractivity contribution in [3.63, 3.8) is 0 Å². The molecule has 1 N–H and O–H groups in total. The normalized spacial score (nSPS) is 12.6. The van der Waals surface area contributed by atoms with Crippen molar-refractivity contribution in [1.82, 2.24) is 0 Å². The molecule has 0 bridgehead atoms. The van der Waals surface area contributed by atoms with Crippen LogP contribution in [0.15, 0.2) is 12.1 Å². The van der Waals surface area contributed by atoms with Crippen LogP contribution in [0.2, 0.25) is 0 Å². The van der Waals surface area contributed by atoms with Crippen molar-refractivity contribution in [2.45, 2.75) is 40.0 Å². The quantitative estimate of drug-likeness (QED) is 0.869. The standard InChI is InChI=1S/C15H22O3/c1-9(2)12(8-14(16)17)15-11(4)6-10(3)7-13(15)18-5/h6-7,9,12H,8H2,1-5H3,(H,16,17). The monoisotopic (exact) mass is 250 g/mol. The molecule has 0 aromatic heterocycles. The third-order valence-corrected chi connectivity index (χ3v) is 3.28. The third kappa shape index (κ3) is 3.25. The van der Waals surface area contributed by atoms with Gasteiger partial charge in [0, 0.05) is 11.5 Å². The van der Waals surface area contributed by atoms with Gasteiger partial charge in [0.25, 0.3) is 0 Å². The zero-order valence-corrected chi connectivity index (χ0v) is 11.8. The molecule has 0 heterocycles. The summed E-state index contributed by atoms with van der Waals surface area (Å²) in [6, 6.07) is 4.05. The molecule has 1 unspecified atom stereocenters. The van der Waals surface area contributed by atoms with Crippen molar-refractivity contribution in [3.05, 3.63) is 28.8 Å². The minimum atomic E-state index is -0.768. The van der Waals surface area contributed by atoms with E-state index in [9.17, 15) is 4.79 Å². The molecular formula is C15H22O3. The van der Waals surface area contributed by atoms with Crippen molar-refractivity contribution in [1.29, 1.82) is 0 Å². The van der Waals surface area contributed by atoms with Crippen LogP contribution in [-0.4, -0.2) is 18.2 Å². The molecule has 18 heavy (non-hydrogen) atoms. The number of benzene rings is 1. The maximum atomic E-state index is 11.0. The third-order valence-electron chi connectivity index (χ3n) is 3.28. The number of hydrogen-bond acceptors (Lipinski definition) is 2. The number of carboxylic acids is 1. The van der Waals surface area contributed by atoms with E-state index in [1.54, 1.807) is 7.11 Å². The highest BCUT2D eigenvalue weighted by molar-refractivity contribution is 5.68. The summed E-state index contributed by atoms with van der Waals surface area (Å²) in [6.07, 6.45) is 0.137. The van der Waals surface area contributed by atoms with Gasteiger partial charge in [-0.2, -0.15) is 0 Å². The van der Waals surface area contributed by atoms with Gasteiger partial charge in [0.1, 0.15) is 5.75 Å². The summed E-state index contributed by atoms with van der Waals surface area (Å²) < 4.78 is 5.43. The highest BCUT2D eigenvalue weighted by Crippen LogP contribution is 2.37. The number of carboxylic acid groups (broad SMARTS) is 1. The van der Waals surface area contributed by atoms with Gasteiger partial charge in [0.05, 0.1) is 13.5 Å². The Morgan fingerprint density at radius 1 is 1.33 bits per heavy atom. The Balaban J connectivity index is 3.30. The van der Waals surface area contributed by atoms with Crippen molar-refractivity contribution in [3.8, 4) is 5.75 Å². The molecule has 0 saturated heterocycles. The molecule has 3 heteroatoms. The second-order valence-corrected chi connectivity index (χ2v) is 5.15. The Hall–Kier alpha value is -1.51. The van der Waals surface area contributed by atoms with E-state index in [1.165, 1.54) is 0 Å². The predicted octanol–water partition coefficient (Wildman–Crippen LogP) is 3.53. The highest BCUT2D eigenvalue weighted by Gasteiger charge is 2.24. The van der Waals surface area contributed by atoms with Crippen molar-refractivity contribution < 1.29 is 14.6 Å². The molecule has 0 saturated carbocycles. The molecule has 0 fully saturated rings. The molecular weight excluding hydrogens is 228 g/mol. The maximum Gasteiger partial charge on any atom is 0.303 e. The van der Waals surface area contributed by atoms with Crippen molar-refractivity contribution in [2.24, 2.45) is 5.92 Å². The molecule has 1 rings (SSSR count). The summed E-state index contributed by atoms with van der Waals surface area (Å²) in [7, 11) is 1.63. The van der Waals surface area contributed by atoms with E-state index in [1.807, 2.05) is 33.8 Å². The van der Waals surface area contributed by atoms with E-state index in [0.29, 0.717) is 0 Å². The fourth-order valence-corrected chi connectivity index (χ4v) is 2.44. The van der Waals surface area contributed by atoms with Gasteiger partial charge in [-0.3, -0.25) is 4.79 Å². The van der Waals surface area contributed by atoms with Gasteiger partial charge in [0.15, 0.2) is 0 Å². The van der Waals surface area contributed by atoms with E-state index in [0.717, 1.165) is 22.4 Å². The average molecular weight is 250 g/mol. The van der Waals surface area contributed by atoms with Crippen LogP contribution < -0.4 is 4.74 Å². The second kappa shape index (κ2) is 5.89. The molecule has 0 radical (unpaired) electrons. The van der Waals surface area contributed by atoms with E-state index in [-0.39, 0.29) is 18.3 Å². The minimum Gasteiger partial charge on any atom is -0.496 e. The Morgan fingerprint density at radius 3 is 2.39 bits per heavy atom. The molecule has 1 atom stereocenters. The van der Waals surface area contributed by atoms with E-state index >= 15 is 0 Å². The number of aliphatic carboxylic acids is 1. The smallest absolute Gasteiger partial charge is 0.303 e. The van der Waals surface area contributed by atoms with E-state index < -0.39 is 5.97 Å². The van der Waals surface area contributed by atoms with Gasteiger partial charge in [-0.15, -0.1) is 0 Å². The minimum absolute atomic E-state index is 0.0157. The number of methoxy groups -OCH3 is 1. The number of hydrogen-bond donors (Lipinski definition) is 1. The van der Waals surface area contributed by atoms with Crippen LogP contribution in [0.1, 0.15) is 42.9 Å². The Kier molecular flexibility index (Phi) is 4.76. The molecule has 1 aromatic rings. The Morgan fingerprint density at radius 2 is 1.94 bits per heavy atom. The zero-order chi connectivity index (χ0) is 13.9. The first-order valence-corrected chi connectivity index (χ1v) is 6.23. The van der Waals surface area contributed by atoms with Gasteiger partial charge in [-0.25, -0.2) is 0 Å². The largest absolute Gasteiger partial charge is 0.496 e. The molecule has 100 valence electrons. The number of carbonyl (C=O) groups is 1. The molecule has 0 aliphatic carbocycles. The Bertz CT molecular complexity index is 436. The van der Waals surface area contributed by atoms with Crippen LogP contribution in [0, 0.1) is 19.8 Å². The fourth-order valence-electron chi connectivity index (χ4n) is 2.44. The Labute approximate surface area is 109 Å². The lowest BCUT2D eigenvalue weighted by molar-refractivity contribution is -0.137. The SMILES string of the molecule is COc1cc(C)cc(C)c1C(CC(=O)O)C(C)C. The number of aryl methyl sites for hydroxylation is 2. The summed E-state index contributed by atoms with van der Waals surface area (Å²) >= 11 is 0. The van der Waals surface area contributed by atoms with Gasteiger partial charge < -0.3 is 9.84 Å². The van der Waals surface area contributed by atoms with E-state index in [2.05, 4.69) is 6.07 Å². The summed E-state index contributed by atoms with van der Waals surface area (Å²) in [5.74, 6) is 0.276. The van der Waals surface area contributed by atoms with Crippen molar-refractivity contribution in [2.75, 3.05) is 7.11 Å². The molecule has 1 aromatic carbocycles. The van der Waals surface area contributed by atoms with Gasteiger partial charge >= 0.3 is 5.97 Å². The molecule has 0 amide bonds. The molecule has 0 spiro atoms. The van der Waals surface area contributed by atoms with Crippen LogP contribution in [0.5, 0.6) is 5.75 Å². The highest BCUT2D eigenvalue weighted by atomic mass is 16.5. The van der Waals surface area contributed by atoms with Crippen LogP contribution in [0.3, 0.4) is 0 Å². The van der Waals surface area contributed by atoms with Gasteiger partial charge in [0.2, 0.25) is 0 Å². The maximum absolute atomic E-state index is 11.0. The first-order valence-electron chi connectivity index (χ1n) is 6.23. The lowest BCUT2D eigenvalue weighted by Gasteiger charge is -2.24. The summed E-state index contributed by atoms with van der Waals surface area (Å²) in [6.45, 7) is 8.13. The fraction of sp³-hybridized carbons (Fsp3) is 0.533. The summed E-state index contributed by atoms with van der Waals surface area (Å²) in [5, 5.41) is 9.06. The average Bonchev–Trinajstić information content (AvgIpc) is 2.25. The van der Waals surface area contributed by atoms with Crippen LogP contribution in [0.4, 0.5) is 0 Å². The molecule has 0 aliphatic heterocycles. The predicted molar refractivity (Wildman–Crippen MR) is 72.3 cm³/mol. The number of ether oxygens (including phenoxy) is 1. The van der Waals surface area contributed by atoms with Crippen LogP contribution in [0.25, 0.3) is 0 Å². The topological polar surface area (TPSA) is 46.5 Å². The zero-order valence-electron chi connectivity index (χ0n) is 11.8. The molecule has 0 aliphatic rings. The summed E-state index contributed by atoms with van der Waals surface area (Å²) in [5.41, 5.74) is 3.26. The van der Waals surface area contributed by atoms with Crippen molar-refractivity contribution >= 4 is 5.97 Å². The van der Waals surface area contributed by atoms with E-state index in [4.69, 9.17) is 9.84 Å². The van der Waals surface area contributed by atoms with Gasteiger partial charge in [-0.1, -0.05) is 19.9 Å². The van der Waals surface area contributed by atoms with Gasteiger partial charge in [-0.05, 0) is 37.0 Å². The van der Waals surface area contributed by atoms with Crippen LogP contribution in [-0.2, 0) is 4.79 Å².